The van der Waals surface area contributed by atoms with Crippen LogP contribution in [0.2, 0.25) is 0 Å². The van der Waals surface area contributed by atoms with Gasteiger partial charge in [-0.15, -0.1) is 5.10 Å². The van der Waals surface area contributed by atoms with Gasteiger partial charge in [0, 0.05) is 24.3 Å². The molecule has 0 radical (unpaired) electrons. The summed E-state index contributed by atoms with van der Waals surface area (Å²) in [5.74, 6) is -0.329. The Balaban J connectivity index is 1.58. The van der Waals surface area contributed by atoms with E-state index in [1.54, 1.807) is 24.4 Å². The fourth-order valence-electron chi connectivity index (χ4n) is 4.58. The van der Waals surface area contributed by atoms with Gasteiger partial charge in [-0.1, -0.05) is 11.3 Å². The molecule has 2 aliphatic heterocycles. The van der Waals surface area contributed by atoms with Crippen molar-refractivity contribution in [1.82, 2.24) is 19.9 Å². The molecular weight excluding hydrogens is 376 g/mol. The molecule has 1 aromatic heterocycles. The van der Waals surface area contributed by atoms with Crippen molar-refractivity contribution in [1.29, 1.82) is 0 Å². The van der Waals surface area contributed by atoms with Gasteiger partial charge in [-0.2, -0.15) is 0 Å². The van der Waals surface area contributed by atoms with Crippen LogP contribution in [0.15, 0.2) is 24.4 Å². The van der Waals surface area contributed by atoms with Crippen LogP contribution in [0.25, 0.3) is 11.3 Å². The Morgan fingerprint density at radius 3 is 2.59 bits per heavy atom. The number of aliphatic carboxylic acids is 1. The lowest BCUT2D eigenvalue weighted by atomic mass is 9.90. The monoisotopic (exact) mass is 400 g/mol. The van der Waals surface area contributed by atoms with Crippen molar-refractivity contribution in [2.75, 3.05) is 13.7 Å². The summed E-state index contributed by atoms with van der Waals surface area (Å²) in [6.07, 6.45) is 5.17. The molecular formula is C20H24N4O5. The van der Waals surface area contributed by atoms with E-state index >= 15 is 0 Å². The van der Waals surface area contributed by atoms with Crippen LogP contribution in [0.4, 0.5) is 0 Å². The Hall–Kier alpha value is -2.94. The Bertz CT molecular complexity index is 913. The number of rotatable bonds is 6. The quantitative estimate of drug-likeness (QED) is 0.753. The van der Waals surface area contributed by atoms with Gasteiger partial charge in [-0.3, -0.25) is 9.59 Å². The lowest BCUT2D eigenvalue weighted by Gasteiger charge is -2.38. The first-order chi connectivity index (χ1) is 14.0. The number of fused-ring (bicyclic) bond motifs is 2. The third kappa shape index (κ3) is 3.69. The molecule has 0 spiro atoms. The summed E-state index contributed by atoms with van der Waals surface area (Å²) in [7, 11) is 1.52. The van der Waals surface area contributed by atoms with Crippen LogP contribution in [-0.2, 0) is 11.3 Å². The van der Waals surface area contributed by atoms with Crippen molar-refractivity contribution in [3.05, 3.63) is 30.0 Å². The number of carbonyl (C=O) groups is 2. The van der Waals surface area contributed by atoms with Crippen LogP contribution >= 0.6 is 0 Å². The molecule has 2 fully saturated rings. The van der Waals surface area contributed by atoms with Crippen molar-refractivity contribution in [3.63, 3.8) is 0 Å². The van der Waals surface area contributed by atoms with E-state index in [0.29, 0.717) is 22.6 Å². The molecule has 154 valence electrons. The molecule has 4 rings (SSSR count). The second-order valence-corrected chi connectivity index (χ2v) is 7.73. The molecule has 9 nitrogen and oxygen atoms in total. The third-order valence-corrected chi connectivity index (χ3v) is 5.89. The van der Waals surface area contributed by atoms with Crippen LogP contribution in [0.1, 0.15) is 36.0 Å². The average Bonchev–Trinajstić information content (AvgIpc) is 3.28. The van der Waals surface area contributed by atoms with Gasteiger partial charge in [0.1, 0.15) is 18.0 Å². The van der Waals surface area contributed by atoms with E-state index in [1.807, 2.05) is 4.90 Å². The third-order valence-electron chi connectivity index (χ3n) is 5.89. The Kier molecular flexibility index (Phi) is 5.23. The van der Waals surface area contributed by atoms with Crippen LogP contribution in [0.5, 0.6) is 5.75 Å². The predicted molar refractivity (Wildman–Crippen MR) is 102 cm³/mol. The first-order valence-corrected chi connectivity index (χ1v) is 9.74. The number of carboxylic acids is 1. The molecule has 1 amide bonds. The maximum atomic E-state index is 13.3. The summed E-state index contributed by atoms with van der Waals surface area (Å²) >= 11 is 0. The summed E-state index contributed by atoms with van der Waals surface area (Å²) in [6, 6.07) is 5.56. The minimum Gasteiger partial charge on any atom is -0.496 e. The van der Waals surface area contributed by atoms with Crippen molar-refractivity contribution in [2.45, 2.75) is 44.3 Å². The highest BCUT2D eigenvalue weighted by Crippen LogP contribution is 2.40. The van der Waals surface area contributed by atoms with Gasteiger partial charge in [0.05, 0.1) is 18.9 Å². The predicted octanol–water partition coefficient (Wildman–Crippen LogP) is 1.41. The zero-order valence-corrected chi connectivity index (χ0v) is 16.2. The molecule has 1 aromatic carbocycles. The average molecular weight is 400 g/mol. The number of amides is 1. The van der Waals surface area contributed by atoms with Gasteiger partial charge in [0.15, 0.2) is 0 Å². The second-order valence-electron chi connectivity index (χ2n) is 7.73. The molecule has 2 saturated heterocycles. The van der Waals surface area contributed by atoms with Crippen molar-refractivity contribution >= 4 is 11.9 Å². The van der Waals surface area contributed by atoms with Crippen LogP contribution in [0.3, 0.4) is 0 Å². The molecule has 9 heteroatoms. The van der Waals surface area contributed by atoms with E-state index in [1.165, 1.54) is 11.8 Å². The van der Waals surface area contributed by atoms with E-state index < -0.39 is 5.97 Å². The van der Waals surface area contributed by atoms with Crippen molar-refractivity contribution < 1.29 is 24.5 Å². The van der Waals surface area contributed by atoms with Crippen molar-refractivity contribution in [2.24, 2.45) is 5.92 Å². The molecule has 3 atom stereocenters. The van der Waals surface area contributed by atoms with Gasteiger partial charge in [0.2, 0.25) is 0 Å². The highest BCUT2D eigenvalue weighted by Gasteiger charge is 2.43. The fraction of sp³-hybridized carbons (Fsp3) is 0.500. The number of methoxy groups -OCH3 is 1. The molecule has 0 saturated carbocycles. The smallest absolute Gasteiger partial charge is 0.325 e. The summed E-state index contributed by atoms with van der Waals surface area (Å²) in [5.41, 5.74) is 1.69. The van der Waals surface area contributed by atoms with Gasteiger partial charge in [-0.25, -0.2) is 4.68 Å². The summed E-state index contributed by atoms with van der Waals surface area (Å²) < 4.78 is 6.73. The van der Waals surface area contributed by atoms with Gasteiger partial charge < -0.3 is 19.8 Å². The number of piperidine rings is 1. The molecule has 2 N–H and O–H groups in total. The number of nitrogens with zero attached hydrogens (tertiary/aromatic N) is 4. The highest BCUT2D eigenvalue weighted by molar-refractivity contribution is 5.98. The Morgan fingerprint density at radius 1 is 1.24 bits per heavy atom. The lowest BCUT2D eigenvalue weighted by Crippen LogP contribution is -2.47. The minimum absolute atomic E-state index is 0.0492. The fourth-order valence-corrected chi connectivity index (χ4v) is 4.58. The topological polar surface area (TPSA) is 118 Å². The molecule has 2 aromatic rings. The summed E-state index contributed by atoms with van der Waals surface area (Å²) in [5, 5.41) is 26.2. The zero-order valence-electron chi connectivity index (χ0n) is 16.2. The van der Waals surface area contributed by atoms with Gasteiger partial charge in [-0.05, 0) is 43.7 Å². The largest absolute Gasteiger partial charge is 0.496 e. The lowest BCUT2D eigenvalue weighted by molar-refractivity contribution is -0.137. The minimum atomic E-state index is -1.00. The number of ether oxygens (including phenoxy) is 1. The molecule has 0 aliphatic carbocycles. The molecule has 2 bridgehead atoms. The molecule has 3 heterocycles. The normalized spacial score (nSPS) is 23.2. The van der Waals surface area contributed by atoms with E-state index in [-0.39, 0.29) is 37.1 Å². The number of hydrogen-bond donors (Lipinski definition) is 2. The maximum Gasteiger partial charge on any atom is 0.325 e. The standard InChI is InChI=1S/C20H24N4O5/c1-29-18-8-13(17-9-23(22-21-17)10-19(26)27)2-5-16(18)20(28)24-14-3-4-15(24)7-12(6-14)11-25/h2,5,8-9,12,14-15,25H,3-4,6-7,10-11H2,1H3,(H,26,27)/t12?,14-,15+. The zero-order chi connectivity index (χ0) is 20.5. The first kappa shape index (κ1) is 19.4. The molecule has 2 aliphatic rings. The Morgan fingerprint density at radius 2 is 1.97 bits per heavy atom. The van der Waals surface area contributed by atoms with E-state index in [9.17, 15) is 14.7 Å². The molecule has 1 unspecified atom stereocenters. The van der Waals surface area contributed by atoms with E-state index in [0.717, 1.165) is 25.7 Å². The molecule has 29 heavy (non-hydrogen) atoms. The number of carbonyl (C=O) groups excluding carboxylic acids is 1. The van der Waals surface area contributed by atoms with E-state index in [2.05, 4.69) is 10.3 Å². The SMILES string of the molecule is COc1cc(-c2cn(CC(=O)O)nn2)ccc1C(=O)N1[C@@H]2CC[C@H]1CC(CO)C2. The van der Waals surface area contributed by atoms with Gasteiger partial charge in [0.25, 0.3) is 5.91 Å². The van der Waals surface area contributed by atoms with E-state index in [4.69, 9.17) is 9.84 Å². The number of carboxylic acid groups (broad SMARTS) is 1. The maximum absolute atomic E-state index is 13.3. The van der Waals surface area contributed by atoms with Gasteiger partial charge >= 0.3 is 5.97 Å². The number of benzene rings is 1. The number of aliphatic hydroxyl groups excluding tert-OH is 1. The van der Waals surface area contributed by atoms with Crippen LogP contribution in [-0.4, -0.2) is 67.8 Å². The number of hydrogen-bond acceptors (Lipinski definition) is 6. The number of aliphatic hydroxyl groups is 1. The first-order valence-electron chi connectivity index (χ1n) is 9.74. The highest BCUT2D eigenvalue weighted by atomic mass is 16.5. The second kappa shape index (κ2) is 7.82. The van der Waals surface area contributed by atoms with Crippen molar-refractivity contribution in [3.8, 4) is 17.0 Å². The van der Waals surface area contributed by atoms with Crippen LogP contribution < -0.4 is 4.74 Å². The van der Waals surface area contributed by atoms with Crippen LogP contribution in [0, 0.1) is 5.92 Å². The Labute approximate surface area is 167 Å². The summed E-state index contributed by atoms with van der Waals surface area (Å²) in [4.78, 5) is 26.1. The summed E-state index contributed by atoms with van der Waals surface area (Å²) in [6.45, 7) is -0.0944. The number of aromatic nitrogens is 3.